The molecule has 104 valence electrons. The Balaban J connectivity index is 2.36. The highest BCUT2D eigenvalue weighted by Crippen LogP contribution is 2.10. The number of aromatic nitrogens is 1. The summed E-state index contributed by atoms with van der Waals surface area (Å²) in [5, 5.41) is 8.86. The van der Waals surface area contributed by atoms with Gasteiger partial charge in [0.15, 0.2) is 0 Å². The summed E-state index contributed by atoms with van der Waals surface area (Å²) >= 11 is 1.80. The van der Waals surface area contributed by atoms with Crippen LogP contribution in [0.15, 0.2) is 17.2 Å². The molecule has 0 aliphatic carbocycles. The van der Waals surface area contributed by atoms with Crippen molar-refractivity contribution >= 4 is 21.8 Å². The first-order chi connectivity index (χ1) is 8.60. The molecule has 18 heavy (non-hydrogen) atoms. The molecule has 1 aromatic rings. The van der Waals surface area contributed by atoms with Gasteiger partial charge in [-0.1, -0.05) is 6.42 Å². The second-order valence-electron chi connectivity index (χ2n) is 3.97. The lowest BCUT2D eigenvalue weighted by Crippen LogP contribution is -2.24. The normalized spacial score (nSPS) is 11.9. The van der Waals surface area contributed by atoms with E-state index in [1.54, 1.807) is 11.8 Å². The lowest BCUT2D eigenvalue weighted by molar-refractivity contribution is 0.277. The van der Waals surface area contributed by atoms with Crippen LogP contribution in [0.2, 0.25) is 0 Å². The number of nitrogens with one attached hydrogen (secondary N) is 2. The van der Waals surface area contributed by atoms with Gasteiger partial charge in [-0.2, -0.15) is 11.8 Å². The second-order valence-corrected chi connectivity index (χ2v) is 6.72. The molecular weight excluding hydrogens is 272 g/mol. The Morgan fingerprint density at radius 1 is 1.39 bits per heavy atom. The maximum atomic E-state index is 11.8. The average molecular weight is 292 g/mol. The zero-order chi connectivity index (χ0) is 13.4. The van der Waals surface area contributed by atoms with Gasteiger partial charge in [0.2, 0.25) is 10.0 Å². The van der Waals surface area contributed by atoms with Gasteiger partial charge >= 0.3 is 0 Å². The third-order valence-corrected chi connectivity index (χ3v) is 4.65. The molecule has 1 heterocycles. The largest absolute Gasteiger partial charge is 0.390 e. The molecule has 7 heteroatoms. The van der Waals surface area contributed by atoms with Crippen LogP contribution in [0.1, 0.15) is 25.0 Å². The van der Waals surface area contributed by atoms with Crippen LogP contribution in [0.5, 0.6) is 0 Å². The van der Waals surface area contributed by atoms with Crippen LogP contribution >= 0.6 is 11.8 Å². The summed E-state index contributed by atoms with van der Waals surface area (Å²) in [6, 6.07) is 1.44. The van der Waals surface area contributed by atoms with Crippen molar-refractivity contribution in [3.8, 4) is 0 Å². The van der Waals surface area contributed by atoms with Crippen molar-refractivity contribution < 1.29 is 13.5 Å². The molecule has 0 aliphatic rings. The number of aliphatic hydroxyl groups is 1. The minimum absolute atomic E-state index is 0.177. The number of aliphatic hydroxyl groups excluding tert-OH is 1. The maximum absolute atomic E-state index is 11.8. The predicted octanol–water partition coefficient (Wildman–Crippen LogP) is 1.32. The van der Waals surface area contributed by atoms with Crippen LogP contribution in [0.3, 0.4) is 0 Å². The highest BCUT2D eigenvalue weighted by Gasteiger charge is 2.14. The zero-order valence-corrected chi connectivity index (χ0v) is 12.1. The fraction of sp³-hybridized carbons (Fsp3) is 0.636. The van der Waals surface area contributed by atoms with Crippen molar-refractivity contribution in [3.05, 3.63) is 18.0 Å². The molecular formula is C11H20N2O3S2. The van der Waals surface area contributed by atoms with Gasteiger partial charge in [-0.05, 0) is 30.9 Å². The number of unbranched alkanes of at least 4 members (excludes halogenated alkanes) is 2. The number of H-pyrrole nitrogens is 1. The standard InChI is InChI=1S/C11H20N2O3S2/c1-17-6-4-2-3-5-13-18(15,16)11-7-10(9-14)12-8-11/h7-8,12-14H,2-6,9H2,1H3. The van der Waals surface area contributed by atoms with Crippen LogP contribution in [0, 0.1) is 0 Å². The first-order valence-corrected chi connectivity index (χ1v) is 8.74. The number of rotatable bonds is 9. The van der Waals surface area contributed by atoms with Crippen LogP contribution in [-0.4, -0.2) is 37.1 Å². The van der Waals surface area contributed by atoms with E-state index in [2.05, 4.69) is 16.0 Å². The van der Waals surface area contributed by atoms with Crippen molar-refractivity contribution in [1.82, 2.24) is 9.71 Å². The van der Waals surface area contributed by atoms with Crippen molar-refractivity contribution in [2.75, 3.05) is 18.6 Å². The molecule has 5 nitrogen and oxygen atoms in total. The van der Waals surface area contributed by atoms with Gasteiger partial charge in [0.25, 0.3) is 0 Å². The van der Waals surface area contributed by atoms with Gasteiger partial charge in [-0.3, -0.25) is 0 Å². The van der Waals surface area contributed by atoms with Crippen molar-refractivity contribution in [3.63, 3.8) is 0 Å². The highest BCUT2D eigenvalue weighted by molar-refractivity contribution is 7.98. The topological polar surface area (TPSA) is 82.2 Å². The number of hydrogen-bond donors (Lipinski definition) is 3. The SMILES string of the molecule is CSCCCCCNS(=O)(=O)c1c[nH]c(CO)c1. The van der Waals surface area contributed by atoms with Gasteiger partial charge in [-0.25, -0.2) is 13.1 Å². The minimum atomic E-state index is -3.44. The molecule has 0 aromatic carbocycles. The molecule has 0 amide bonds. The third kappa shape index (κ3) is 5.01. The molecule has 0 saturated heterocycles. The van der Waals surface area contributed by atoms with E-state index in [-0.39, 0.29) is 11.5 Å². The number of sulfonamides is 1. The highest BCUT2D eigenvalue weighted by atomic mass is 32.2. The molecule has 1 aromatic heterocycles. The van der Waals surface area contributed by atoms with Crippen molar-refractivity contribution in [2.24, 2.45) is 0 Å². The van der Waals surface area contributed by atoms with Gasteiger partial charge in [0.05, 0.1) is 11.5 Å². The van der Waals surface area contributed by atoms with E-state index in [0.717, 1.165) is 25.0 Å². The van der Waals surface area contributed by atoms with E-state index in [1.165, 1.54) is 12.3 Å². The van der Waals surface area contributed by atoms with E-state index in [1.807, 2.05) is 0 Å². The van der Waals surface area contributed by atoms with E-state index < -0.39 is 10.0 Å². The predicted molar refractivity (Wildman–Crippen MR) is 74.1 cm³/mol. The fourth-order valence-electron chi connectivity index (χ4n) is 1.50. The molecule has 0 atom stereocenters. The summed E-state index contributed by atoms with van der Waals surface area (Å²) in [4.78, 5) is 2.88. The number of thioether (sulfide) groups is 1. The van der Waals surface area contributed by atoms with Gasteiger partial charge in [0.1, 0.15) is 0 Å². The van der Waals surface area contributed by atoms with Crippen LogP contribution in [0.25, 0.3) is 0 Å². The summed E-state index contributed by atoms with van der Waals surface area (Å²) in [5.74, 6) is 1.12. The first kappa shape index (κ1) is 15.6. The average Bonchev–Trinajstić information content (AvgIpc) is 2.83. The Kier molecular flexibility index (Phi) is 6.77. The fourth-order valence-corrected chi connectivity index (χ4v) is 3.09. The second kappa shape index (κ2) is 7.83. The van der Waals surface area contributed by atoms with Gasteiger partial charge in [-0.15, -0.1) is 0 Å². The van der Waals surface area contributed by atoms with Crippen LogP contribution in [0.4, 0.5) is 0 Å². The lowest BCUT2D eigenvalue weighted by Gasteiger charge is -2.04. The lowest BCUT2D eigenvalue weighted by atomic mass is 10.2. The van der Waals surface area contributed by atoms with E-state index in [9.17, 15) is 8.42 Å². The van der Waals surface area contributed by atoms with E-state index in [0.29, 0.717) is 12.2 Å². The van der Waals surface area contributed by atoms with Crippen LogP contribution < -0.4 is 4.72 Å². The molecule has 3 N–H and O–H groups in total. The molecule has 0 fully saturated rings. The Labute approximate surface area is 112 Å². The minimum Gasteiger partial charge on any atom is -0.390 e. The summed E-state index contributed by atoms with van der Waals surface area (Å²) < 4.78 is 26.2. The first-order valence-electron chi connectivity index (χ1n) is 5.87. The molecule has 0 unspecified atom stereocenters. The summed E-state index contributed by atoms with van der Waals surface area (Å²) in [7, 11) is -3.44. The molecule has 0 saturated carbocycles. The zero-order valence-electron chi connectivity index (χ0n) is 10.5. The van der Waals surface area contributed by atoms with Crippen molar-refractivity contribution in [1.29, 1.82) is 0 Å². The molecule has 0 spiro atoms. The van der Waals surface area contributed by atoms with Gasteiger partial charge < -0.3 is 10.1 Å². The third-order valence-electron chi connectivity index (χ3n) is 2.51. The molecule has 0 bridgehead atoms. The Morgan fingerprint density at radius 3 is 2.78 bits per heavy atom. The summed E-state index contributed by atoms with van der Waals surface area (Å²) in [5.41, 5.74) is 0.496. The maximum Gasteiger partial charge on any atom is 0.242 e. The van der Waals surface area contributed by atoms with E-state index >= 15 is 0 Å². The summed E-state index contributed by atoms with van der Waals surface area (Å²) in [6.45, 7) is 0.264. The Morgan fingerprint density at radius 2 is 2.17 bits per heavy atom. The smallest absolute Gasteiger partial charge is 0.242 e. The molecule has 1 rings (SSSR count). The monoisotopic (exact) mass is 292 g/mol. The van der Waals surface area contributed by atoms with E-state index in [4.69, 9.17) is 5.11 Å². The van der Waals surface area contributed by atoms with Crippen LogP contribution in [-0.2, 0) is 16.6 Å². The van der Waals surface area contributed by atoms with Gasteiger partial charge in [0, 0.05) is 18.4 Å². The van der Waals surface area contributed by atoms with Crippen molar-refractivity contribution in [2.45, 2.75) is 30.8 Å². The number of hydrogen-bond acceptors (Lipinski definition) is 4. The Hall–Kier alpha value is -0.500. The molecule has 0 aliphatic heterocycles. The molecule has 0 radical (unpaired) electrons. The number of aromatic amines is 1. The quantitative estimate of drug-likeness (QED) is 0.600. The Bertz CT molecular complexity index is 443. The summed E-state index contributed by atoms with van der Waals surface area (Å²) in [6.07, 6.45) is 6.44.